The van der Waals surface area contributed by atoms with Gasteiger partial charge in [-0.2, -0.15) is 23.6 Å². The second-order valence-electron chi connectivity index (χ2n) is 5.05. The Hall–Kier alpha value is -0.357. The molecule has 0 saturated heterocycles. The van der Waals surface area contributed by atoms with Crippen LogP contribution >= 0.6 is 24.8 Å². The van der Waals surface area contributed by atoms with E-state index in [1.54, 1.807) is 24.2 Å². The molecule has 0 heterocycles. The van der Waals surface area contributed by atoms with Gasteiger partial charge >= 0.3 is 41.3 Å². The monoisotopic (exact) mass is 412 g/mol. The van der Waals surface area contributed by atoms with E-state index in [0.29, 0.717) is 0 Å². The largest absolute Gasteiger partial charge is 0.168 e. The summed E-state index contributed by atoms with van der Waals surface area (Å²) in [7, 11) is 0. The zero-order valence-electron chi connectivity index (χ0n) is 13.6. The van der Waals surface area contributed by atoms with E-state index in [2.05, 4.69) is 82.3 Å². The number of hydrogen-bond donors (Lipinski definition) is 0. The molecule has 0 fully saturated rings. The molecule has 3 rings (SSSR count). The first-order valence-electron chi connectivity index (χ1n) is 6.87. The molecule has 0 amide bonds. The maximum Gasteiger partial charge on any atom is -0.0809 e. The van der Waals surface area contributed by atoms with E-state index in [4.69, 9.17) is 0 Å². The molecular weight excluding hydrogens is 390 g/mol. The molecule has 0 atom stereocenters. The van der Waals surface area contributed by atoms with Crippen LogP contribution < -0.4 is 0 Å². The van der Waals surface area contributed by atoms with Crippen LogP contribution in [-0.4, -0.2) is 3.21 Å². The van der Waals surface area contributed by atoms with Crippen molar-refractivity contribution in [3.63, 3.8) is 0 Å². The summed E-state index contributed by atoms with van der Waals surface area (Å²) in [5, 5.41) is 2.66. The molecule has 0 bridgehead atoms. The molecular formula is C19H24Cl2Zr. The minimum absolute atomic E-state index is 0. The Kier molecular flexibility index (Phi) is 14.3. The topological polar surface area (TPSA) is 0 Å². The second-order valence-corrected chi connectivity index (χ2v) is 7.51. The molecule has 2 aromatic rings. The fraction of sp³-hybridized carbons (Fsp3) is 0.263. The van der Waals surface area contributed by atoms with Crippen molar-refractivity contribution in [1.82, 2.24) is 0 Å². The molecule has 3 heteroatoms. The van der Waals surface area contributed by atoms with Crippen LogP contribution in [0.2, 0.25) is 0 Å². The van der Waals surface area contributed by atoms with E-state index in [1.807, 2.05) is 0 Å². The number of benzene rings is 1. The van der Waals surface area contributed by atoms with Gasteiger partial charge in [-0.3, -0.25) is 6.08 Å². The number of fused-ring (bicyclic) bond motifs is 1. The molecule has 2 aromatic carbocycles. The first-order valence-corrected chi connectivity index (χ1v) is 8.10. The number of halogens is 2. The third-order valence-corrected chi connectivity index (χ3v) is 2.91. The summed E-state index contributed by atoms with van der Waals surface area (Å²) in [6, 6.07) is 14.7. The van der Waals surface area contributed by atoms with Crippen LogP contribution in [0.15, 0.2) is 59.7 Å². The molecule has 118 valence electrons. The Morgan fingerprint density at radius 3 is 2.09 bits per heavy atom. The minimum Gasteiger partial charge on any atom is -0.168 e. The van der Waals surface area contributed by atoms with Gasteiger partial charge in [0, 0.05) is 0 Å². The Morgan fingerprint density at radius 1 is 1.09 bits per heavy atom. The molecule has 0 aromatic heterocycles. The predicted molar refractivity (Wildman–Crippen MR) is 101 cm³/mol. The average Bonchev–Trinajstić information content (AvgIpc) is 2.99. The summed E-state index contributed by atoms with van der Waals surface area (Å²) in [6.07, 6.45) is 6.41. The summed E-state index contributed by atoms with van der Waals surface area (Å²) in [5.74, 6) is 0. The average molecular weight is 415 g/mol. The zero-order chi connectivity index (χ0) is 15.0. The molecule has 0 N–H and O–H groups in total. The number of hydrogen-bond acceptors (Lipinski definition) is 0. The Morgan fingerprint density at radius 2 is 1.68 bits per heavy atom. The van der Waals surface area contributed by atoms with Crippen LogP contribution in [0.5, 0.6) is 0 Å². The SMILES string of the molecule is CC1=[C-]CC=C1C.C[C](C)=[Zr+2].Cl.Cl.c1ccc2[cH-]ccc2c1. The van der Waals surface area contributed by atoms with Crippen LogP contribution in [0.25, 0.3) is 10.8 Å². The summed E-state index contributed by atoms with van der Waals surface area (Å²) < 4.78 is 1.51. The smallest absolute Gasteiger partial charge is 0.0809 e. The summed E-state index contributed by atoms with van der Waals surface area (Å²) in [5.41, 5.74) is 2.71. The molecule has 1 aliphatic rings. The maximum atomic E-state index is 3.19. The van der Waals surface area contributed by atoms with Gasteiger partial charge in [0.1, 0.15) is 0 Å². The van der Waals surface area contributed by atoms with Gasteiger partial charge in [0.15, 0.2) is 0 Å². The second kappa shape index (κ2) is 13.1. The van der Waals surface area contributed by atoms with Crippen LogP contribution in [-0.2, 0) is 24.2 Å². The van der Waals surface area contributed by atoms with Crippen molar-refractivity contribution in [3.05, 3.63) is 65.8 Å². The van der Waals surface area contributed by atoms with Gasteiger partial charge < -0.3 is 0 Å². The fourth-order valence-corrected chi connectivity index (χ4v) is 1.72. The summed E-state index contributed by atoms with van der Waals surface area (Å²) in [6.45, 7) is 8.46. The molecule has 1 aliphatic carbocycles. The normalized spacial score (nSPS) is 11.5. The third kappa shape index (κ3) is 9.62. The van der Waals surface area contributed by atoms with Crippen molar-refractivity contribution in [3.8, 4) is 0 Å². The Bertz CT molecular complexity index is 571. The van der Waals surface area contributed by atoms with Crippen molar-refractivity contribution < 1.29 is 24.2 Å². The van der Waals surface area contributed by atoms with Crippen molar-refractivity contribution in [2.24, 2.45) is 0 Å². The first kappa shape index (κ1) is 23.9. The Labute approximate surface area is 162 Å². The van der Waals surface area contributed by atoms with Crippen LogP contribution in [0.4, 0.5) is 0 Å². The van der Waals surface area contributed by atoms with E-state index in [-0.39, 0.29) is 24.8 Å². The van der Waals surface area contributed by atoms with Gasteiger partial charge in [0.05, 0.1) is 0 Å². The summed E-state index contributed by atoms with van der Waals surface area (Å²) >= 11 is 1.55. The summed E-state index contributed by atoms with van der Waals surface area (Å²) in [4.78, 5) is 0. The fourth-order valence-electron chi connectivity index (χ4n) is 1.72. The number of allylic oxidation sites excluding steroid dienone is 4. The molecule has 22 heavy (non-hydrogen) atoms. The van der Waals surface area contributed by atoms with E-state index < -0.39 is 0 Å². The van der Waals surface area contributed by atoms with Crippen LogP contribution in [0.3, 0.4) is 0 Å². The van der Waals surface area contributed by atoms with Crippen molar-refractivity contribution in [2.75, 3.05) is 0 Å². The molecule has 0 saturated carbocycles. The van der Waals surface area contributed by atoms with E-state index in [1.165, 1.54) is 25.1 Å². The maximum absolute atomic E-state index is 3.19. The van der Waals surface area contributed by atoms with E-state index in [9.17, 15) is 0 Å². The Balaban J connectivity index is 0. The van der Waals surface area contributed by atoms with Crippen LogP contribution in [0, 0.1) is 6.08 Å². The molecule has 0 spiro atoms. The van der Waals surface area contributed by atoms with Crippen molar-refractivity contribution in [2.45, 2.75) is 34.1 Å². The predicted octanol–water partition coefficient (Wildman–Crippen LogP) is 6.23. The minimum atomic E-state index is 0. The third-order valence-electron chi connectivity index (χ3n) is 2.91. The first-order chi connectivity index (χ1) is 9.50. The molecule has 0 unspecified atom stereocenters. The van der Waals surface area contributed by atoms with Gasteiger partial charge in [-0.25, -0.2) is 11.1 Å². The van der Waals surface area contributed by atoms with Crippen molar-refractivity contribution >= 4 is 38.8 Å². The van der Waals surface area contributed by atoms with Gasteiger partial charge in [-0.1, -0.05) is 13.0 Å². The van der Waals surface area contributed by atoms with E-state index >= 15 is 0 Å². The molecule has 0 radical (unpaired) electrons. The van der Waals surface area contributed by atoms with E-state index in [0.717, 1.165) is 6.42 Å². The van der Waals surface area contributed by atoms with Crippen molar-refractivity contribution in [1.29, 1.82) is 0 Å². The molecule has 0 nitrogen and oxygen atoms in total. The van der Waals surface area contributed by atoms with Gasteiger partial charge in [0.2, 0.25) is 0 Å². The van der Waals surface area contributed by atoms with Gasteiger partial charge in [-0.15, -0.1) is 67.8 Å². The number of rotatable bonds is 0. The van der Waals surface area contributed by atoms with Gasteiger partial charge in [-0.05, 0) is 0 Å². The standard InChI is InChI=1S/C9H7.C7H9.C3H6.2ClH.Zr/c1-2-5-9-7-3-6-8(9)4-1;1-6-4-3-5-7(6)2;1-3-2;;;/h1-7H;4H,3H2,1-2H3;1-2H3;2*1H;/q2*-1;;;;+2. The quantitative estimate of drug-likeness (QED) is 0.448. The van der Waals surface area contributed by atoms with Gasteiger partial charge in [0.25, 0.3) is 0 Å². The molecule has 0 aliphatic heterocycles. The van der Waals surface area contributed by atoms with Crippen LogP contribution in [0.1, 0.15) is 34.1 Å². The zero-order valence-corrected chi connectivity index (χ0v) is 17.7.